The van der Waals surface area contributed by atoms with E-state index >= 15 is 0 Å². The molecule has 4 aromatic rings. The van der Waals surface area contributed by atoms with E-state index in [0.29, 0.717) is 15.7 Å². The maximum Gasteiger partial charge on any atom is 0.534 e. The molecule has 2 aromatic heterocycles. The predicted molar refractivity (Wildman–Crippen MR) is 180 cm³/mol. The second-order valence-electron chi connectivity index (χ2n) is 11.2. The second-order valence-corrected chi connectivity index (χ2v) is 14.4. The fourth-order valence-corrected chi connectivity index (χ4v) is 6.47. The summed E-state index contributed by atoms with van der Waals surface area (Å²) < 4.78 is 66.5. The number of aromatic nitrogens is 2. The van der Waals surface area contributed by atoms with E-state index in [4.69, 9.17) is 0 Å². The van der Waals surface area contributed by atoms with Gasteiger partial charge in [-0.2, -0.15) is 21.6 Å². The Balaban J connectivity index is 0.000000209. The van der Waals surface area contributed by atoms with Crippen LogP contribution in [0.2, 0.25) is 0 Å². The molecular formula is C32H32Br2F3N3O5S. The normalized spacial score (nSPS) is 13.8. The van der Waals surface area contributed by atoms with Crippen LogP contribution in [0.25, 0.3) is 21.8 Å². The molecule has 2 aromatic carbocycles. The first-order chi connectivity index (χ1) is 21.3. The third-order valence-electron chi connectivity index (χ3n) is 7.75. The molecule has 1 fully saturated rings. The molecule has 46 heavy (non-hydrogen) atoms. The van der Waals surface area contributed by atoms with Crippen LogP contribution in [-0.2, 0) is 10.1 Å². The number of hydrogen-bond acceptors (Lipinski definition) is 8. The number of rotatable bonds is 5. The number of alkyl halides is 3. The van der Waals surface area contributed by atoms with Crippen molar-refractivity contribution in [1.29, 1.82) is 0 Å². The highest BCUT2D eigenvalue weighted by Gasteiger charge is 2.49. The van der Waals surface area contributed by atoms with Gasteiger partial charge in [0, 0.05) is 58.4 Å². The summed E-state index contributed by atoms with van der Waals surface area (Å²) in [6, 6.07) is 6.46. The van der Waals surface area contributed by atoms with Crippen LogP contribution in [0.3, 0.4) is 0 Å². The van der Waals surface area contributed by atoms with Crippen molar-refractivity contribution in [2.45, 2.75) is 66.3 Å². The lowest BCUT2D eigenvalue weighted by molar-refractivity contribution is -0.0499. The van der Waals surface area contributed by atoms with E-state index in [0.717, 1.165) is 52.9 Å². The first-order valence-electron chi connectivity index (χ1n) is 14.3. The molecule has 1 aliphatic heterocycles. The first-order valence-corrected chi connectivity index (χ1v) is 17.3. The number of pyridine rings is 2. The Labute approximate surface area is 282 Å². The summed E-state index contributed by atoms with van der Waals surface area (Å²) in [5.41, 5.74) is 0.547. The fourth-order valence-electron chi connectivity index (χ4n) is 5.39. The number of hydrogen-bond donors (Lipinski definition) is 0. The summed E-state index contributed by atoms with van der Waals surface area (Å²) in [4.78, 5) is 34.5. The molecule has 14 heteroatoms. The average Bonchev–Trinajstić information content (AvgIpc) is 2.97. The number of carbonyl (C=O) groups excluding carboxylic acids is 2. The van der Waals surface area contributed by atoms with E-state index in [1.54, 1.807) is 20.8 Å². The van der Waals surface area contributed by atoms with Crippen LogP contribution in [0.1, 0.15) is 76.3 Å². The Morgan fingerprint density at radius 3 is 1.72 bits per heavy atom. The van der Waals surface area contributed by atoms with E-state index in [1.165, 1.54) is 36.3 Å². The van der Waals surface area contributed by atoms with Crippen LogP contribution >= 0.6 is 31.9 Å². The monoisotopic (exact) mass is 785 g/mol. The zero-order valence-corrected chi connectivity index (χ0v) is 30.0. The quantitative estimate of drug-likeness (QED) is 0.112. The number of Topliss-reactive ketones (excluding diaryl/α,β-unsaturated/α-hetero) is 2. The van der Waals surface area contributed by atoms with Crippen molar-refractivity contribution in [2.24, 2.45) is 0 Å². The SMILES string of the molecule is CC(=O)c1cc(N2CCCCC2)c2c(C)c(Br)c(C)cc2n1.CC(=O)c1cc(OS(=O)(=O)C(F)(F)F)c2c(C)c(Br)c(C)cc2n1. The van der Waals surface area contributed by atoms with Gasteiger partial charge in [-0.25, -0.2) is 9.97 Å². The number of carbonyl (C=O) groups is 2. The van der Waals surface area contributed by atoms with Crippen LogP contribution in [-0.4, -0.2) is 48.6 Å². The van der Waals surface area contributed by atoms with Gasteiger partial charge in [-0.05, 0) is 87.4 Å². The maximum atomic E-state index is 12.6. The van der Waals surface area contributed by atoms with E-state index in [1.807, 2.05) is 6.07 Å². The number of ketones is 2. The molecule has 0 spiro atoms. The topological polar surface area (TPSA) is 107 Å². The number of piperidine rings is 1. The fraction of sp³-hybridized carbons (Fsp3) is 0.375. The standard InChI is InChI=1S/C18H21BrN2O.C14H11BrF3NO4S/c1-11-9-15-17(12(2)18(11)19)16(10-14(20-15)13(3)22)21-7-5-4-6-8-21;1-6-4-10-12(7(2)13(6)15)11(5-9(19-10)8(3)20)23-24(21,22)14(16,17)18/h9-10H,4-8H2,1-3H3;4-5H,1-3H3. The Morgan fingerprint density at radius 1 is 0.783 bits per heavy atom. The van der Waals surface area contributed by atoms with Gasteiger partial charge in [-0.15, -0.1) is 0 Å². The zero-order valence-electron chi connectivity index (χ0n) is 26.0. The lowest BCUT2D eigenvalue weighted by Crippen LogP contribution is -2.30. The van der Waals surface area contributed by atoms with Crippen molar-refractivity contribution < 1.29 is 35.4 Å². The van der Waals surface area contributed by atoms with Gasteiger partial charge in [0.1, 0.15) is 11.4 Å². The number of halogens is 5. The van der Waals surface area contributed by atoms with E-state index < -0.39 is 27.2 Å². The van der Waals surface area contributed by atoms with Gasteiger partial charge in [0.15, 0.2) is 17.3 Å². The Morgan fingerprint density at radius 2 is 1.24 bits per heavy atom. The molecule has 0 aliphatic carbocycles. The molecule has 0 radical (unpaired) electrons. The molecule has 0 saturated carbocycles. The summed E-state index contributed by atoms with van der Waals surface area (Å²) in [6.45, 7) is 12.4. The third-order valence-corrected chi connectivity index (χ3v) is 11.2. The Kier molecular flexibility index (Phi) is 10.5. The van der Waals surface area contributed by atoms with Crippen LogP contribution in [0.4, 0.5) is 18.9 Å². The minimum absolute atomic E-state index is 0.0263. The highest BCUT2D eigenvalue weighted by atomic mass is 79.9. The van der Waals surface area contributed by atoms with Crippen molar-refractivity contribution in [1.82, 2.24) is 9.97 Å². The van der Waals surface area contributed by atoms with Gasteiger partial charge >= 0.3 is 15.6 Å². The largest absolute Gasteiger partial charge is 0.534 e. The molecular weight excluding hydrogens is 755 g/mol. The van der Waals surface area contributed by atoms with Gasteiger partial charge < -0.3 is 9.08 Å². The highest BCUT2D eigenvalue weighted by molar-refractivity contribution is 9.11. The van der Waals surface area contributed by atoms with Gasteiger partial charge in [0.2, 0.25) is 0 Å². The number of aryl methyl sites for hydroxylation is 4. The van der Waals surface area contributed by atoms with Gasteiger partial charge in [0.05, 0.1) is 11.0 Å². The molecule has 3 heterocycles. The van der Waals surface area contributed by atoms with Crippen molar-refractivity contribution in [3.05, 3.63) is 66.9 Å². The van der Waals surface area contributed by atoms with Crippen LogP contribution in [0, 0.1) is 27.7 Å². The summed E-state index contributed by atoms with van der Waals surface area (Å²) in [5.74, 6) is -1.11. The predicted octanol–water partition coefficient (Wildman–Crippen LogP) is 8.85. The van der Waals surface area contributed by atoms with Crippen molar-refractivity contribution in [3.63, 3.8) is 0 Å². The Bertz CT molecular complexity index is 1990. The van der Waals surface area contributed by atoms with Crippen molar-refractivity contribution in [3.8, 4) is 5.75 Å². The van der Waals surface area contributed by atoms with E-state index in [2.05, 4.69) is 70.8 Å². The molecule has 8 nitrogen and oxygen atoms in total. The smallest absolute Gasteiger partial charge is 0.375 e. The molecule has 0 amide bonds. The minimum atomic E-state index is -5.88. The summed E-state index contributed by atoms with van der Waals surface area (Å²) in [6.07, 6.45) is 3.72. The maximum absolute atomic E-state index is 12.6. The van der Waals surface area contributed by atoms with Gasteiger partial charge in [0.25, 0.3) is 0 Å². The molecule has 246 valence electrons. The van der Waals surface area contributed by atoms with Crippen LogP contribution in [0.15, 0.2) is 33.2 Å². The molecule has 1 saturated heterocycles. The van der Waals surface area contributed by atoms with E-state index in [-0.39, 0.29) is 22.4 Å². The van der Waals surface area contributed by atoms with E-state index in [9.17, 15) is 31.2 Å². The first kappa shape index (κ1) is 35.7. The van der Waals surface area contributed by atoms with Gasteiger partial charge in [-0.3, -0.25) is 9.59 Å². The van der Waals surface area contributed by atoms with Crippen LogP contribution in [0.5, 0.6) is 5.75 Å². The third kappa shape index (κ3) is 7.23. The molecule has 1 aliphatic rings. The lowest BCUT2D eigenvalue weighted by atomic mass is 10.0. The second kappa shape index (κ2) is 13.6. The highest BCUT2D eigenvalue weighted by Crippen LogP contribution is 2.38. The number of benzene rings is 2. The number of nitrogens with zero attached hydrogens (tertiary/aromatic N) is 3. The average molecular weight is 787 g/mol. The molecule has 0 atom stereocenters. The van der Waals surface area contributed by atoms with Gasteiger partial charge in [-0.1, -0.05) is 31.9 Å². The summed E-state index contributed by atoms with van der Waals surface area (Å²) in [5, 5.41) is 1.25. The Hall–Kier alpha value is -3.10. The molecule has 0 N–H and O–H groups in total. The van der Waals surface area contributed by atoms with Crippen molar-refractivity contribution in [2.75, 3.05) is 18.0 Å². The number of anilines is 1. The van der Waals surface area contributed by atoms with Crippen molar-refractivity contribution >= 4 is 81.0 Å². The lowest BCUT2D eigenvalue weighted by Gasteiger charge is -2.30. The summed E-state index contributed by atoms with van der Waals surface area (Å²) in [7, 11) is -5.88. The molecule has 0 unspecified atom stereocenters. The minimum Gasteiger partial charge on any atom is -0.375 e. The van der Waals surface area contributed by atoms with Crippen LogP contribution < -0.4 is 9.08 Å². The molecule has 5 rings (SSSR count). The zero-order chi connectivity index (χ0) is 34.3. The molecule has 0 bridgehead atoms. The summed E-state index contributed by atoms with van der Waals surface area (Å²) >= 11 is 6.97. The number of fused-ring (bicyclic) bond motifs is 2.